The van der Waals surface area contributed by atoms with E-state index < -0.39 is 10.6 Å². The van der Waals surface area contributed by atoms with Crippen molar-refractivity contribution in [2.75, 3.05) is 0 Å². The van der Waals surface area contributed by atoms with Gasteiger partial charge in [0, 0.05) is 18.8 Å². The second-order valence-electron chi connectivity index (χ2n) is 1.91. The van der Waals surface area contributed by atoms with Crippen LogP contribution in [0.5, 0.6) is 0 Å². The summed E-state index contributed by atoms with van der Waals surface area (Å²) in [4.78, 5) is 12.7. The zero-order chi connectivity index (χ0) is 6.78. The van der Waals surface area contributed by atoms with Crippen LogP contribution in [0.25, 0.3) is 0 Å². The quantitative estimate of drug-likeness (QED) is 0.303. The molecule has 0 unspecified atom stereocenters. The highest BCUT2D eigenvalue weighted by molar-refractivity contribution is 5.24. The molecular weight excluding hydrogens is 108 g/mol. The van der Waals surface area contributed by atoms with Gasteiger partial charge in [-0.1, -0.05) is 0 Å². The van der Waals surface area contributed by atoms with Crippen molar-refractivity contribution in [2.24, 2.45) is 4.99 Å². The maximum Gasteiger partial charge on any atom is 0.306 e. The molecule has 46 valence electrons. The molecule has 0 aliphatic heterocycles. The van der Waals surface area contributed by atoms with E-state index >= 15 is 0 Å². The minimum absolute atomic E-state index is 0.486. The summed E-state index contributed by atoms with van der Waals surface area (Å²) in [5, 5.41) is 9.92. The van der Waals surface area contributed by atoms with Crippen LogP contribution in [-0.2, 0) is 0 Å². The van der Waals surface area contributed by atoms with Gasteiger partial charge < -0.3 is 0 Å². The molecule has 0 saturated carbocycles. The Labute approximate surface area is 47.4 Å². The second-order valence-corrected chi connectivity index (χ2v) is 1.91. The Kier molecular flexibility index (Phi) is 1.68. The van der Waals surface area contributed by atoms with Crippen LogP contribution in [0.15, 0.2) is 4.99 Å². The van der Waals surface area contributed by atoms with Crippen molar-refractivity contribution < 1.29 is 4.92 Å². The molecule has 0 amide bonds. The molecule has 0 atom stereocenters. The molecular formula is C4H8N2O2. The molecule has 0 saturated heterocycles. The number of nitro groups is 1. The van der Waals surface area contributed by atoms with Crippen molar-refractivity contribution in [2.45, 2.75) is 19.5 Å². The average molecular weight is 116 g/mol. The van der Waals surface area contributed by atoms with Gasteiger partial charge >= 0.3 is 5.66 Å². The van der Waals surface area contributed by atoms with E-state index in [0.29, 0.717) is 0 Å². The number of nitrogens with zero attached hydrogens (tertiary/aromatic N) is 2. The van der Waals surface area contributed by atoms with Crippen LogP contribution in [0, 0.1) is 10.1 Å². The highest BCUT2D eigenvalue weighted by Crippen LogP contribution is 2.06. The second kappa shape index (κ2) is 1.90. The summed E-state index contributed by atoms with van der Waals surface area (Å²) in [5.74, 6) is 0. The van der Waals surface area contributed by atoms with E-state index in [9.17, 15) is 10.1 Å². The summed E-state index contributed by atoms with van der Waals surface area (Å²) in [6.07, 6.45) is 0. The Morgan fingerprint density at radius 3 is 2.12 bits per heavy atom. The van der Waals surface area contributed by atoms with E-state index in [1.165, 1.54) is 13.8 Å². The zero-order valence-corrected chi connectivity index (χ0v) is 4.92. The molecule has 0 fully saturated rings. The smallest absolute Gasteiger partial charge is 0.262 e. The predicted molar refractivity (Wildman–Crippen MR) is 30.6 cm³/mol. The Morgan fingerprint density at radius 1 is 1.75 bits per heavy atom. The third-order valence-electron chi connectivity index (χ3n) is 0.834. The van der Waals surface area contributed by atoms with Crippen molar-refractivity contribution in [3.63, 3.8) is 0 Å². The van der Waals surface area contributed by atoms with E-state index in [0.717, 1.165) is 0 Å². The lowest BCUT2D eigenvalue weighted by Crippen LogP contribution is -2.27. The summed E-state index contributed by atoms with van der Waals surface area (Å²) in [7, 11) is 0. The van der Waals surface area contributed by atoms with Gasteiger partial charge in [-0.05, 0) is 6.72 Å². The van der Waals surface area contributed by atoms with Crippen LogP contribution in [0.2, 0.25) is 0 Å². The Morgan fingerprint density at radius 2 is 2.12 bits per heavy atom. The minimum atomic E-state index is -1.22. The molecule has 0 radical (unpaired) electrons. The first-order valence-electron chi connectivity index (χ1n) is 2.13. The number of hydrogen-bond acceptors (Lipinski definition) is 3. The minimum Gasteiger partial charge on any atom is -0.262 e. The van der Waals surface area contributed by atoms with E-state index in [2.05, 4.69) is 11.7 Å². The molecule has 0 aromatic rings. The van der Waals surface area contributed by atoms with E-state index in [4.69, 9.17) is 0 Å². The van der Waals surface area contributed by atoms with Crippen molar-refractivity contribution in [1.82, 2.24) is 0 Å². The Balaban J connectivity index is 4.12. The van der Waals surface area contributed by atoms with Gasteiger partial charge in [0.2, 0.25) is 0 Å². The van der Waals surface area contributed by atoms with Crippen LogP contribution in [0.3, 0.4) is 0 Å². The molecule has 0 rings (SSSR count). The highest BCUT2D eigenvalue weighted by Gasteiger charge is 2.26. The standard InChI is InChI=1S/C4H8N2O2/c1-4(2,5-3)6(7)8/h3H2,1-2H3. The summed E-state index contributed by atoms with van der Waals surface area (Å²) in [5.41, 5.74) is -1.22. The van der Waals surface area contributed by atoms with Crippen LogP contribution in [-0.4, -0.2) is 17.3 Å². The average Bonchev–Trinajstić information content (AvgIpc) is 1.67. The summed E-state index contributed by atoms with van der Waals surface area (Å²) in [6, 6.07) is 0. The third kappa shape index (κ3) is 1.29. The molecule has 0 spiro atoms. The monoisotopic (exact) mass is 116 g/mol. The lowest BCUT2D eigenvalue weighted by molar-refractivity contribution is -0.557. The summed E-state index contributed by atoms with van der Waals surface area (Å²) < 4.78 is 0. The number of hydrogen-bond donors (Lipinski definition) is 0. The van der Waals surface area contributed by atoms with Crippen LogP contribution in [0.4, 0.5) is 0 Å². The van der Waals surface area contributed by atoms with E-state index in [1.807, 2.05) is 0 Å². The third-order valence-corrected chi connectivity index (χ3v) is 0.834. The molecule has 0 heterocycles. The van der Waals surface area contributed by atoms with Gasteiger partial charge in [-0.15, -0.1) is 0 Å². The maximum absolute atomic E-state index is 9.92. The van der Waals surface area contributed by atoms with Gasteiger partial charge in [-0.2, -0.15) is 0 Å². The van der Waals surface area contributed by atoms with Gasteiger partial charge in [-0.25, -0.2) is 4.99 Å². The normalized spacial score (nSPS) is 10.8. The van der Waals surface area contributed by atoms with Gasteiger partial charge in [0.25, 0.3) is 0 Å². The number of aliphatic imine (C=N–C) groups is 1. The van der Waals surface area contributed by atoms with Gasteiger partial charge in [0.1, 0.15) is 0 Å². The predicted octanol–water partition coefficient (Wildman–Crippen LogP) is 0.700. The first kappa shape index (κ1) is 7.07. The zero-order valence-electron chi connectivity index (χ0n) is 4.92. The molecule has 0 aromatic heterocycles. The molecule has 4 heteroatoms. The van der Waals surface area contributed by atoms with E-state index in [-0.39, 0.29) is 0 Å². The fraction of sp³-hybridized carbons (Fsp3) is 0.750. The van der Waals surface area contributed by atoms with Gasteiger partial charge in [0.05, 0.1) is 0 Å². The van der Waals surface area contributed by atoms with Crippen LogP contribution < -0.4 is 0 Å². The Bertz CT molecular complexity index is 119. The van der Waals surface area contributed by atoms with E-state index in [1.54, 1.807) is 0 Å². The molecule has 0 N–H and O–H groups in total. The first-order chi connectivity index (χ1) is 3.50. The van der Waals surface area contributed by atoms with Crippen molar-refractivity contribution in [3.8, 4) is 0 Å². The lowest BCUT2D eigenvalue weighted by atomic mass is 10.3. The van der Waals surface area contributed by atoms with Crippen molar-refractivity contribution >= 4 is 6.72 Å². The van der Waals surface area contributed by atoms with Crippen molar-refractivity contribution in [1.29, 1.82) is 0 Å². The van der Waals surface area contributed by atoms with Gasteiger partial charge in [0.15, 0.2) is 0 Å². The molecule has 4 nitrogen and oxygen atoms in total. The number of rotatable bonds is 2. The summed E-state index contributed by atoms with van der Waals surface area (Å²) in [6.45, 7) is 5.84. The van der Waals surface area contributed by atoms with Crippen LogP contribution >= 0.6 is 0 Å². The molecule has 8 heavy (non-hydrogen) atoms. The highest BCUT2D eigenvalue weighted by atomic mass is 16.6. The molecule has 0 aliphatic rings. The summed E-state index contributed by atoms with van der Waals surface area (Å²) >= 11 is 0. The van der Waals surface area contributed by atoms with Crippen LogP contribution in [0.1, 0.15) is 13.8 Å². The lowest BCUT2D eigenvalue weighted by Gasteiger charge is -2.06. The molecule has 0 aliphatic carbocycles. The van der Waals surface area contributed by atoms with Gasteiger partial charge in [-0.3, -0.25) is 10.1 Å². The fourth-order valence-corrected chi connectivity index (χ4v) is 0.0577. The SMILES string of the molecule is C=NC(C)(C)[N+](=O)[O-]. The fourth-order valence-electron chi connectivity index (χ4n) is 0.0577. The molecule has 0 aromatic carbocycles. The largest absolute Gasteiger partial charge is 0.306 e. The maximum atomic E-state index is 9.92. The topological polar surface area (TPSA) is 55.5 Å². The molecule has 0 bridgehead atoms. The van der Waals surface area contributed by atoms with Crippen molar-refractivity contribution in [3.05, 3.63) is 10.1 Å². The Hall–Kier alpha value is -0.930. The first-order valence-corrected chi connectivity index (χ1v) is 2.13.